The first kappa shape index (κ1) is 27.8. The summed E-state index contributed by atoms with van der Waals surface area (Å²) < 4.78 is 34.1. The zero-order valence-corrected chi connectivity index (χ0v) is 22.9. The lowest BCUT2D eigenvalue weighted by Crippen LogP contribution is -2.46. The van der Waals surface area contributed by atoms with Crippen molar-refractivity contribution in [2.24, 2.45) is 0 Å². The van der Waals surface area contributed by atoms with E-state index >= 15 is 0 Å². The SMILES string of the molecule is CCCCOc1ccc(S(=O)(=O)NC2CCN(CCNC(=O)Nc3cc(C)nc4ccccc34)CC2)cc1. The molecule has 0 bridgehead atoms. The summed E-state index contributed by atoms with van der Waals surface area (Å²) in [4.78, 5) is 19.5. The summed E-state index contributed by atoms with van der Waals surface area (Å²) in [6, 6.07) is 15.8. The highest BCUT2D eigenvalue weighted by atomic mass is 32.2. The van der Waals surface area contributed by atoms with Crippen molar-refractivity contribution in [2.45, 2.75) is 50.5 Å². The maximum absolute atomic E-state index is 12.8. The number of para-hydroxylation sites is 1. The Labute approximate surface area is 225 Å². The minimum absolute atomic E-state index is 0.115. The molecule has 1 fully saturated rings. The molecule has 2 aromatic carbocycles. The third-order valence-corrected chi connectivity index (χ3v) is 8.15. The average Bonchev–Trinajstić information content (AvgIpc) is 2.90. The first-order valence-corrected chi connectivity index (χ1v) is 14.7. The molecule has 1 aliphatic rings. The number of sulfonamides is 1. The van der Waals surface area contributed by atoms with Crippen LogP contribution < -0.4 is 20.1 Å². The summed E-state index contributed by atoms with van der Waals surface area (Å²) in [7, 11) is -3.59. The molecule has 1 saturated heterocycles. The van der Waals surface area contributed by atoms with Gasteiger partial charge in [0.05, 0.1) is 22.7 Å². The zero-order chi connectivity index (χ0) is 27.0. The van der Waals surface area contributed by atoms with Crippen molar-refractivity contribution in [1.29, 1.82) is 0 Å². The normalized spacial score (nSPS) is 14.9. The maximum atomic E-state index is 12.8. The Bertz CT molecular complexity index is 1320. The lowest BCUT2D eigenvalue weighted by molar-refractivity contribution is 0.206. The third-order valence-electron chi connectivity index (χ3n) is 6.62. The number of benzene rings is 2. The zero-order valence-electron chi connectivity index (χ0n) is 22.1. The predicted octanol–water partition coefficient (Wildman–Crippen LogP) is 4.29. The molecule has 1 aliphatic heterocycles. The van der Waals surface area contributed by atoms with Crippen LogP contribution in [-0.2, 0) is 10.0 Å². The predicted molar refractivity (Wildman–Crippen MR) is 150 cm³/mol. The first-order chi connectivity index (χ1) is 18.3. The van der Waals surface area contributed by atoms with E-state index in [1.54, 1.807) is 24.3 Å². The fraction of sp³-hybridized carbons (Fsp3) is 0.429. The Hall–Kier alpha value is -3.21. The van der Waals surface area contributed by atoms with Crippen LogP contribution in [0.4, 0.5) is 10.5 Å². The monoisotopic (exact) mass is 539 g/mol. The van der Waals surface area contributed by atoms with Crippen LogP contribution in [0.3, 0.4) is 0 Å². The topological polar surface area (TPSA) is 113 Å². The number of carbonyl (C=O) groups excluding carboxylic acids is 1. The summed E-state index contributed by atoms with van der Waals surface area (Å²) in [5, 5.41) is 6.75. The number of anilines is 1. The second-order valence-electron chi connectivity index (χ2n) is 9.62. The van der Waals surface area contributed by atoms with Gasteiger partial charge in [-0.05, 0) is 75.7 Å². The van der Waals surface area contributed by atoms with Gasteiger partial charge >= 0.3 is 6.03 Å². The minimum Gasteiger partial charge on any atom is -0.494 e. The fourth-order valence-corrected chi connectivity index (χ4v) is 5.82. The van der Waals surface area contributed by atoms with Gasteiger partial charge in [0, 0.05) is 30.2 Å². The fourth-order valence-electron chi connectivity index (χ4n) is 4.52. The molecule has 0 aliphatic carbocycles. The van der Waals surface area contributed by atoms with E-state index in [9.17, 15) is 13.2 Å². The van der Waals surface area contributed by atoms with E-state index in [-0.39, 0.29) is 17.0 Å². The lowest BCUT2D eigenvalue weighted by Gasteiger charge is -2.32. The number of aryl methyl sites for hydroxylation is 1. The number of pyridine rings is 1. The van der Waals surface area contributed by atoms with E-state index in [2.05, 4.69) is 32.2 Å². The van der Waals surface area contributed by atoms with Crippen LogP contribution in [0.15, 0.2) is 59.5 Å². The van der Waals surface area contributed by atoms with Crippen molar-refractivity contribution in [3.63, 3.8) is 0 Å². The molecular weight excluding hydrogens is 502 g/mol. The third kappa shape index (κ3) is 7.66. The number of aromatic nitrogens is 1. The number of nitrogens with zero attached hydrogens (tertiary/aromatic N) is 2. The lowest BCUT2D eigenvalue weighted by atomic mass is 10.1. The van der Waals surface area contributed by atoms with E-state index in [0.29, 0.717) is 38.3 Å². The molecule has 3 aromatic rings. The summed E-state index contributed by atoms with van der Waals surface area (Å²) in [5.41, 5.74) is 2.41. The number of hydrogen-bond donors (Lipinski definition) is 3. The minimum atomic E-state index is -3.59. The summed E-state index contributed by atoms with van der Waals surface area (Å²) in [6.45, 7) is 7.34. The molecule has 3 N–H and O–H groups in total. The van der Waals surface area contributed by atoms with Gasteiger partial charge in [0.2, 0.25) is 10.0 Å². The van der Waals surface area contributed by atoms with E-state index in [1.807, 2.05) is 37.3 Å². The van der Waals surface area contributed by atoms with Crippen LogP contribution in [-0.4, -0.2) is 63.2 Å². The second kappa shape index (κ2) is 13.0. The van der Waals surface area contributed by atoms with Gasteiger partial charge in [0.1, 0.15) is 5.75 Å². The molecule has 0 radical (unpaired) electrons. The molecule has 0 atom stereocenters. The van der Waals surface area contributed by atoms with Crippen LogP contribution in [0.2, 0.25) is 0 Å². The van der Waals surface area contributed by atoms with Crippen LogP contribution in [0.25, 0.3) is 10.9 Å². The van der Waals surface area contributed by atoms with Gasteiger partial charge in [-0.3, -0.25) is 4.98 Å². The average molecular weight is 540 g/mol. The van der Waals surface area contributed by atoms with Gasteiger partial charge in [-0.1, -0.05) is 31.5 Å². The smallest absolute Gasteiger partial charge is 0.319 e. The Morgan fingerprint density at radius 1 is 1.11 bits per heavy atom. The van der Waals surface area contributed by atoms with E-state index < -0.39 is 10.0 Å². The number of nitrogens with one attached hydrogen (secondary N) is 3. The number of urea groups is 1. The van der Waals surface area contributed by atoms with Crippen molar-refractivity contribution in [1.82, 2.24) is 19.9 Å². The molecule has 38 heavy (non-hydrogen) atoms. The summed E-state index contributed by atoms with van der Waals surface area (Å²) >= 11 is 0. The summed E-state index contributed by atoms with van der Waals surface area (Å²) in [5.74, 6) is 0.678. The highest BCUT2D eigenvalue weighted by Crippen LogP contribution is 2.23. The number of hydrogen-bond acceptors (Lipinski definition) is 6. The number of rotatable bonds is 11. The molecular formula is C28H37N5O4S. The number of piperidine rings is 1. The van der Waals surface area contributed by atoms with Gasteiger partial charge < -0.3 is 20.3 Å². The number of unbranched alkanes of at least 4 members (excludes halogenated alkanes) is 1. The second-order valence-corrected chi connectivity index (χ2v) is 11.3. The van der Waals surface area contributed by atoms with Gasteiger partial charge in [0.15, 0.2) is 0 Å². The Kier molecular flexibility index (Phi) is 9.54. The van der Waals surface area contributed by atoms with Crippen molar-refractivity contribution in [3.05, 3.63) is 60.3 Å². The number of ether oxygens (including phenoxy) is 1. The Morgan fingerprint density at radius 2 is 1.84 bits per heavy atom. The van der Waals surface area contributed by atoms with Crippen LogP contribution in [0.5, 0.6) is 5.75 Å². The van der Waals surface area contributed by atoms with Gasteiger partial charge in [-0.2, -0.15) is 0 Å². The van der Waals surface area contributed by atoms with Crippen molar-refractivity contribution < 1.29 is 17.9 Å². The van der Waals surface area contributed by atoms with E-state index in [4.69, 9.17) is 4.74 Å². The van der Waals surface area contributed by atoms with Crippen LogP contribution in [0.1, 0.15) is 38.3 Å². The maximum Gasteiger partial charge on any atom is 0.319 e. The van der Waals surface area contributed by atoms with Crippen molar-refractivity contribution in [3.8, 4) is 5.75 Å². The standard InChI is InChI=1S/C28H37N5O4S/c1-3-4-19-37-23-9-11-24(12-10-23)38(35,36)32-22-13-16-33(17-14-22)18-15-29-28(34)31-27-20-21(2)30-26-8-6-5-7-25(26)27/h5-12,20,22,32H,3-4,13-19H2,1-2H3,(H2,29,30,31,34). The number of carbonyl (C=O) groups is 1. The molecule has 4 rings (SSSR count). The van der Waals surface area contributed by atoms with Crippen molar-refractivity contribution in [2.75, 3.05) is 38.1 Å². The Balaban J connectivity index is 1.19. The Morgan fingerprint density at radius 3 is 2.58 bits per heavy atom. The van der Waals surface area contributed by atoms with Crippen LogP contribution >= 0.6 is 0 Å². The van der Waals surface area contributed by atoms with E-state index in [1.165, 1.54) is 0 Å². The molecule has 204 valence electrons. The molecule has 1 aromatic heterocycles. The molecule has 0 unspecified atom stereocenters. The van der Waals surface area contributed by atoms with Gasteiger partial charge in [0.25, 0.3) is 0 Å². The molecule has 9 nitrogen and oxygen atoms in total. The quantitative estimate of drug-likeness (QED) is 0.314. The van der Waals surface area contributed by atoms with E-state index in [0.717, 1.165) is 48.2 Å². The number of amides is 2. The molecule has 2 amide bonds. The number of likely N-dealkylation sites (tertiary alicyclic amines) is 1. The highest BCUT2D eigenvalue weighted by molar-refractivity contribution is 7.89. The van der Waals surface area contributed by atoms with Gasteiger partial charge in [-0.15, -0.1) is 0 Å². The summed E-state index contributed by atoms with van der Waals surface area (Å²) in [6.07, 6.45) is 3.44. The molecule has 0 saturated carbocycles. The molecule has 2 heterocycles. The van der Waals surface area contributed by atoms with Crippen molar-refractivity contribution >= 4 is 32.6 Å². The number of fused-ring (bicyclic) bond motifs is 1. The highest BCUT2D eigenvalue weighted by Gasteiger charge is 2.24. The van der Waals surface area contributed by atoms with Gasteiger partial charge in [-0.25, -0.2) is 17.9 Å². The van der Waals surface area contributed by atoms with Crippen LogP contribution in [0, 0.1) is 6.92 Å². The largest absolute Gasteiger partial charge is 0.494 e. The molecule has 10 heteroatoms. The molecule has 0 spiro atoms. The first-order valence-electron chi connectivity index (χ1n) is 13.2.